The summed E-state index contributed by atoms with van der Waals surface area (Å²) in [5.74, 6) is -0.535. The van der Waals surface area contributed by atoms with E-state index in [2.05, 4.69) is 23.7 Å². The van der Waals surface area contributed by atoms with Crippen molar-refractivity contribution >= 4 is 29.4 Å². The number of carbonyl (C=O) groups is 2. The Labute approximate surface area is 187 Å². The number of rotatable bonds is 11. The summed E-state index contributed by atoms with van der Waals surface area (Å²) in [4.78, 5) is 23.7. The number of thiophene rings is 1. The first-order valence-electron chi connectivity index (χ1n) is 10.4. The molecule has 0 aliphatic rings. The lowest BCUT2D eigenvalue weighted by Gasteiger charge is -2.19. The Balaban J connectivity index is 2.09. The van der Waals surface area contributed by atoms with E-state index in [0.717, 1.165) is 46.2 Å². The highest BCUT2D eigenvalue weighted by Crippen LogP contribution is 2.34. The van der Waals surface area contributed by atoms with Gasteiger partial charge in [0.1, 0.15) is 11.4 Å². The van der Waals surface area contributed by atoms with Gasteiger partial charge in [-0.25, -0.2) is 4.79 Å². The molecule has 0 bridgehead atoms. The molecule has 0 radical (unpaired) electrons. The number of hydrogen-bond acceptors (Lipinski definition) is 6. The van der Waals surface area contributed by atoms with Crippen molar-refractivity contribution in [3.8, 4) is 16.9 Å². The average Bonchev–Trinajstić information content (AvgIpc) is 3.14. The Bertz CT molecular complexity index is 911. The number of nitrogens with one attached hydrogen (secondary N) is 1. The van der Waals surface area contributed by atoms with Crippen molar-refractivity contribution in [1.29, 1.82) is 0 Å². The van der Waals surface area contributed by atoms with Gasteiger partial charge in [-0.05, 0) is 61.9 Å². The number of carbonyl (C=O) groups excluding carboxylic acids is 1. The van der Waals surface area contributed by atoms with E-state index >= 15 is 0 Å². The number of carboxylic acids is 1. The Morgan fingerprint density at radius 1 is 1.23 bits per heavy atom. The molecule has 1 aromatic heterocycles. The zero-order valence-electron chi connectivity index (χ0n) is 18.6. The third kappa shape index (κ3) is 8.94. The topological polar surface area (TPSA) is 84.9 Å². The van der Waals surface area contributed by atoms with Crippen LogP contribution in [0.5, 0.6) is 5.75 Å². The molecule has 2 N–H and O–H groups in total. The lowest BCUT2D eigenvalue weighted by Crippen LogP contribution is -2.31. The minimum absolute atomic E-state index is 0.153. The molecule has 0 amide bonds. The quantitative estimate of drug-likeness (QED) is 0.284. The minimum atomic E-state index is -0.987. The fourth-order valence-corrected chi connectivity index (χ4v) is 3.63. The van der Waals surface area contributed by atoms with Gasteiger partial charge in [-0.2, -0.15) is 0 Å². The standard InChI is InChI=1S/C24H31NO5S/c1-5-6-11-29-21-12-17(8-10-22(26)27)7-9-20(21)18-13-19(31-16-18)14-25-15-23(28)30-24(2,3)4/h7-10,12-13,16,25H,5-6,11,14-15H2,1-4H3,(H,26,27)/b10-8+. The van der Waals surface area contributed by atoms with Crippen molar-refractivity contribution in [2.45, 2.75) is 52.7 Å². The van der Waals surface area contributed by atoms with Crippen LogP contribution in [0.25, 0.3) is 17.2 Å². The molecule has 0 saturated carbocycles. The third-order valence-electron chi connectivity index (χ3n) is 4.13. The van der Waals surface area contributed by atoms with E-state index in [4.69, 9.17) is 14.6 Å². The normalized spacial score (nSPS) is 11.6. The molecule has 0 unspecified atom stereocenters. The molecule has 0 aliphatic heterocycles. The van der Waals surface area contributed by atoms with E-state index in [1.807, 2.05) is 39.0 Å². The Hall–Kier alpha value is -2.64. The first-order valence-corrected chi connectivity index (χ1v) is 11.2. The molecule has 0 spiro atoms. The molecular weight excluding hydrogens is 414 g/mol. The van der Waals surface area contributed by atoms with E-state index in [1.54, 1.807) is 17.4 Å². The van der Waals surface area contributed by atoms with Crippen molar-refractivity contribution in [3.63, 3.8) is 0 Å². The minimum Gasteiger partial charge on any atom is -0.493 e. The zero-order valence-corrected chi connectivity index (χ0v) is 19.4. The van der Waals surface area contributed by atoms with Gasteiger partial charge in [0.2, 0.25) is 0 Å². The van der Waals surface area contributed by atoms with Gasteiger partial charge in [0, 0.05) is 23.1 Å². The molecule has 2 aromatic rings. The fourth-order valence-electron chi connectivity index (χ4n) is 2.77. The van der Waals surface area contributed by atoms with Crippen LogP contribution in [0.15, 0.2) is 35.7 Å². The van der Waals surface area contributed by atoms with Crippen LogP contribution in [0.4, 0.5) is 0 Å². The Morgan fingerprint density at radius 2 is 2.00 bits per heavy atom. The van der Waals surface area contributed by atoms with Crippen molar-refractivity contribution in [1.82, 2.24) is 5.32 Å². The van der Waals surface area contributed by atoms with Gasteiger partial charge in [0.05, 0.1) is 13.2 Å². The molecule has 2 rings (SSSR count). The van der Waals surface area contributed by atoms with Crippen molar-refractivity contribution in [2.75, 3.05) is 13.2 Å². The molecule has 7 heteroatoms. The second-order valence-electron chi connectivity index (χ2n) is 8.12. The summed E-state index contributed by atoms with van der Waals surface area (Å²) in [6, 6.07) is 7.76. The molecular formula is C24H31NO5S. The van der Waals surface area contributed by atoms with Gasteiger partial charge in [0.25, 0.3) is 0 Å². The number of esters is 1. The number of carboxylic acid groups (broad SMARTS) is 1. The number of unbranched alkanes of at least 4 members (excludes halogenated alkanes) is 1. The summed E-state index contributed by atoms with van der Waals surface area (Å²) >= 11 is 1.60. The van der Waals surface area contributed by atoms with Crippen molar-refractivity contribution in [2.24, 2.45) is 0 Å². The van der Waals surface area contributed by atoms with Gasteiger partial charge in [0.15, 0.2) is 0 Å². The lowest BCUT2D eigenvalue weighted by molar-refractivity contribution is -0.153. The second kappa shape index (κ2) is 11.7. The van der Waals surface area contributed by atoms with Crippen LogP contribution in [-0.4, -0.2) is 35.8 Å². The van der Waals surface area contributed by atoms with Gasteiger partial charge in [-0.15, -0.1) is 11.3 Å². The maximum Gasteiger partial charge on any atom is 0.328 e. The zero-order chi connectivity index (χ0) is 22.9. The Kier molecular flexibility index (Phi) is 9.27. The van der Waals surface area contributed by atoms with E-state index in [9.17, 15) is 9.59 Å². The first-order chi connectivity index (χ1) is 14.7. The monoisotopic (exact) mass is 445 g/mol. The molecule has 0 fully saturated rings. The van der Waals surface area contributed by atoms with Crippen LogP contribution in [0, 0.1) is 0 Å². The molecule has 0 atom stereocenters. The number of benzene rings is 1. The molecule has 168 valence electrons. The van der Waals surface area contributed by atoms with Gasteiger partial charge in [-0.3, -0.25) is 4.79 Å². The maximum absolute atomic E-state index is 11.8. The second-order valence-corrected chi connectivity index (χ2v) is 9.12. The van der Waals surface area contributed by atoms with Crippen LogP contribution in [0.1, 0.15) is 51.0 Å². The van der Waals surface area contributed by atoms with Gasteiger partial charge >= 0.3 is 11.9 Å². The van der Waals surface area contributed by atoms with E-state index in [1.165, 1.54) is 0 Å². The smallest absolute Gasteiger partial charge is 0.328 e. The number of ether oxygens (including phenoxy) is 2. The van der Waals surface area contributed by atoms with E-state index in [-0.39, 0.29) is 12.5 Å². The predicted octanol–water partition coefficient (Wildman–Crippen LogP) is 5.12. The predicted molar refractivity (Wildman–Crippen MR) is 124 cm³/mol. The molecule has 0 saturated heterocycles. The van der Waals surface area contributed by atoms with Crippen LogP contribution in [-0.2, 0) is 20.9 Å². The summed E-state index contributed by atoms with van der Waals surface area (Å²) in [6.45, 7) is 8.96. The third-order valence-corrected chi connectivity index (χ3v) is 5.07. The fraction of sp³-hybridized carbons (Fsp3) is 0.417. The van der Waals surface area contributed by atoms with Crippen molar-refractivity contribution in [3.05, 3.63) is 46.2 Å². The van der Waals surface area contributed by atoms with Crippen LogP contribution < -0.4 is 10.1 Å². The van der Waals surface area contributed by atoms with Crippen LogP contribution in [0.3, 0.4) is 0 Å². The molecule has 6 nitrogen and oxygen atoms in total. The highest BCUT2D eigenvalue weighted by molar-refractivity contribution is 7.10. The Morgan fingerprint density at radius 3 is 2.68 bits per heavy atom. The summed E-state index contributed by atoms with van der Waals surface area (Å²) in [5.41, 5.74) is 2.26. The molecule has 1 heterocycles. The lowest BCUT2D eigenvalue weighted by atomic mass is 10.0. The maximum atomic E-state index is 11.8. The van der Waals surface area contributed by atoms with Gasteiger partial charge < -0.3 is 19.9 Å². The molecule has 0 aliphatic carbocycles. The van der Waals surface area contributed by atoms with Crippen LogP contribution in [0.2, 0.25) is 0 Å². The van der Waals surface area contributed by atoms with E-state index < -0.39 is 11.6 Å². The summed E-state index contributed by atoms with van der Waals surface area (Å²) in [7, 11) is 0. The van der Waals surface area contributed by atoms with Gasteiger partial charge in [-0.1, -0.05) is 25.5 Å². The number of aliphatic carboxylic acids is 1. The highest BCUT2D eigenvalue weighted by Gasteiger charge is 2.16. The SMILES string of the molecule is CCCCOc1cc(/C=C/C(=O)O)ccc1-c1csc(CNCC(=O)OC(C)(C)C)c1. The largest absolute Gasteiger partial charge is 0.493 e. The average molecular weight is 446 g/mol. The molecule has 1 aromatic carbocycles. The summed E-state index contributed by atoms with van der Waals surface area (Å²) in [5, 5.41) is 14.0. The molecule has 31 heavy (non-hydrogen) atoms. The summed E-state index contributed by atoms with van der Waals surface area (Å²) in [6.07, 6.45) is 4.64. The first kappa shape index (κ1) is 24.6. The number of hydrogen-bond donors (Lipinski definition) is 2. The van der Waals surface area contributed by atoms with Crippen molar-refractivity contribution < 1.29 is 24.2 Å². The van der Waals surface area contributed by atoms with Crippen LogP contribution >= 0.6 is 11.3 Å². The van der Waals surface area contributed by atoms with E-state index in [0.29, 0.717) is 13.2 Å². The summed E-state index contributed by atoms with van der Waals surface area (Å²) < 4.78 is 11.3. The highest BCUT2D eigenvalue weighted by atomic mass is 32.1.